The smallest absolute Gasteiger partial charge is 0.341 e. The summed E-state index contributed by atoms with van der Waals surface area (Å²) in [6, 6.07) is 0. The van der Waals surface area contributed by atoms with Crippen molar-refractivity contribution in [2.45, 2.75) is 38.5 Å². The van der Waals surface area contributed by atoms with E-state index in [0.717, 1.165) is 12.8 Å². The SMILES string of the molecule is CCOC(=O)c1cnc(CCOCC(F)F)nc1C1CC1. The molecule has 1 fully saturated rings. The van der Waals surface area contributed by atoms with Gasteiger partial charge in [-0.25, -0.2) is 23.5 Å². The number of hydrogen-bond donors (Lipinski definition) is 0. The quantitative estimate of drug-likeness (QED) is 0.545. The van der Waals surface area contributed by atoms with Crippen molar-refractivity contribution in [3.8, 4) is 0 Å². The van der Waals surface area contributed by atoms with Gasteiger partial charge in [0.2, 0.25) is 0 Å². The van der Waals surface area contributed by atoms with Crippen LogP contribution < -0.4 is 0 Å². The van der Waals surface area contributed by atoms with Gasteiger partial charge < -0.3 is 9.47 Å². The summed E-state index contributed by atoms with van der Waals surface area (Å²) in [5.41, 5.74) is 1.10. The van der Waals surface area contributed by atoms with Crippen LogP contribution in [0, 0.1) is 0 Å². The van der Waals surface area contributed by atoms with Gasteiger partial charge in [-0.05, 0) is 19.8 Å². The monoisotopic (exact) mass is 300 g/mol. The standard InChI is InChI=1S/C14H18F2N2O3/c1-2-21-14(19)10-7-17-12(5-6-20-8-11(15)16)18-13(10)9-3-4-9/h7,9,11H,2-6,8H2,1H3. The summed E-state index contributed by atoms with van der Waals surface area (Å²) in [5, 5.41) is 0. The van der Waals surface area contributed by atoms with E-state index in [2.05, 4.69) is 9.97 Å². The topological polar surface area (TPSA) is 61.3 Å². The minimum absolute atomic E-state index is 0.132. The second-order valence-electron chi connectivity index (χ2n) is 4.80. The van der Waals surface area contributed by atoms with Gasteiger partial charge in [-0.1, -0.05) is 0 Å². The number of rotatable bonds is 8. The van der Waals surface area contributed by atoms with Crippen molar-refractivity contribution < 1.29 is 23.0 Å². The second-order valence-corrected chi connectivity index (χ2v) is 4.80. The summed E-state index contributed by atoms with van der Waals surface area (Å²) < 4.78 is 33.7. The molecule has 0 bridgehead atoms. The maximum absolute atomic E-state index is 11.9. The highest BCUT2D eigenvalue weighted by Gasteiger charge is 2.30. The lowest BCUT2D eigenvalue weighted by molar-refractivity contribution is 0.0182. The summed E-state index contributed by atoms with van der Waals surface area (Å²) in [6.07, 6.45) is 1.31. The van der Waals surface area contributed by atoms with Gasteiger partial charge in [0.25, 0.3) is 6.43 Å². The van der Waals surface area contributed by atoms with Crippen LogP contribution in [0.5, 0.6) is 0 Å². The van der Waals surface area contributed by atoms with Crippen molar-refractivity contribution in [1.29, 1.82) is 0 Å². The maximum atomic E-state index is 11.9. The van der Waals surface area contributed by atoms with E-state index in [0.29, 0.717) is 30.1 Å². The number of carbonyl (C=O) groups is 1. The molecule has 0 amide bonds. The molecule has 0 radical (unpaired) electrons. The van der Waals surface area contributed by atoms with Crippen LogP contribution in [-0.4, -0.2) is 42.2 Å². The summed E-state index contributed by atoms with van der Waals surface area (Å²) in [7, 11) is 0. The van der Waals surface area contributed by atoms with Crippen LogP contribution in [0.3, 0.4) is 0 Å². The molecule has 5 nitrogen and oxygen atoms in total. The molecule has 116 valence electrons. The highest BCUT2D eigenvalue weighted by atomic mass is 19.3. The van der Waals surface area contributed by atoms with E-state index in [4.69, 9.17) is 9.47 Å². The van der Waals surface area contributed by atoms with Crippen LogP contribution in [0.2, 0.25) is 0 Å². The van der Waals surface area contributed by atoms with Gasteiger partial charge in [-0.2, -0.15) is 0 Å². The highest BCUT2D eigenvalue weighted by Crippen LogP contribution is 2.40. The Hall–Kier alpha value is -1.63. The van der Waals surface area contributed by atoms with Gasteiger partial charge in [-0.3, -0.25) is 0 Å². The maximum Gasteiger partial charge on any atom is 0.341 e. The Balaban J connectivity index is 2.01. The number of ether oxygens (including phenoxy) is 2. The molecule has 21 heavy (non-hydrogen) atoms. The molecule has 0 N–H and O–H groups in total. The average Bonchev–Trinajstić information content (AvgIpc) is 3.28. The van der Waals surface area contributed by atoms with Gasteiger partial charge in [0, 0.05) is 18.5 Å². The first-order chi connectivity index (χ1) is 10.1. The van der Waals surface area contributed by atoms with Gasteiger partial charge in [-0.15, -0.1) is 0 Å². The molecule has 0 saturated heterocycles. The third-order valence-electron chi connectivity index (χ3n) is 3.04. The summed E-state index contributed by atoms with van der Waals surface area (Å²) in [5.74, 6) is 0.354. The van der Waals surface area contributed by atoms with Crippen molar-refractivity contribution >= 4 is 5.97 Å². The van der Waals surface area contributed by atoms with E-state index in [1.54, 1.807) is 6.92 Å². The normalized spacial score (nSPS) is 14.5. The molecule has 2 rings (SSSR count). The second kappa shape index (κ2) is 7.40. The van der Waals surface area contributed by atoms with E-state index in [9.17, 15) is 13.6 Å². The van der Waals surface area contributed by atoms with Crippen molar-refractivity contribution in [2.24, 2.45) is 0 Å². The summed E-state index contributed by atoms with van der Waals surface area (Å²) in [6.45, 7) is 1.58. The van der Waals surface area contributed by atoms with Crippen LogP contribution in [0.4, 0.5) is 8.78 Å². The fourth-order valence-corrected chi connectivity index (χ4v) is 1.92. The van der Waals surface area contributed by atoms with Crippen molar-refractivity contribution in [1.82, 2.24) is 9.97 Å². The minimum atomic E-state index is -2.47. The Bertz CT molecular complexity index is 493. The molecule has 1 aliphatic carbocycles. The predicted octanol–water partition coefficient (Wildman–Crippen LogP) is 2.35. The van der Waals surface area contributed by atoms with E-state index >= 15 is 0 Å². The fourth-order valence-electron chi connectivity index (χ4n) is 1.92. The molecule has 0 aliphatic heterocycles. The first kappa shape index (κ1) is 15.8. The molecule has 7 heteroatoms. The van der Waals surface area contributed by atoms with Gasteiger partial charge >= 0.3 is 5.97 Å². The number of nitrogens with zero attached hydrogens (tertiary/aromatic N) is 2. The molecule has 0 aromatic carbocycles. The van der Waals surface area contributed by atoms with Crippen molar-refractivity contribution in [2.75, 3.05) is 19.8 Å². The van der Waals surface area contributed by atoms with E-state index < -0.39 is 19.0 Å². The van der Waals surface area contributed by atoms with Gasteiger partial charge in [0.05, 0.1) is 24.5 Å². The third-order valence-corrected chi connectivity index (χ3v) is 3.04. The van der Waals surface area contributed by atoms with Gasteiger partial charge in [0.1, 0.15) is 12.4 Å². The number of esters is 1. The highest BCUT2D eigenvalue weighted by molar-refractivity contribution is 5.90. The summed E-state index contributed by atoms with van der Waals surface area (Å²) in [4.78, 5) is 20.3. The zero-order valence-electron chi connectivity index (χ0n) is 11.8. The largest absolute Gasteiger partial charge is 0.462 e. The zero-order chi connectivity index (χ0) is 15.2. The number of hydrogen-bond acceptors (Lipinski definition) is 5. The van der Waals surface area contributed by atoms with Crippen LogP contribution in [0.25, 0.3) is 0 Å². The first-order valence-electron chi connectivity index (χ1n) is 7.00. The Morgan fingerprint density at radius 1 is 1.48 bits per heavy atom. The molecule has 0 spiro atoms. The average molecular weight is 300 g/mol. The van der Waals surface area contributed by atoms with E-state index in [-0.39, 0.29) is 12.5 Å². The van der Waals surface area contributed by atoms with Crippen LogP contribution >= 0.6 is 0 Å². The van der Waals surface area contributed by atoms with Crippen LogP contribution in [-0.2, 0) is 15.9 Å². The lowest BCUT2D eigenvalue weighted by Crippen LogP contribution is -2.13. The minimum Gasteiger partial charge on any atom is -0.462 e. The Kier molecular flexibility index (Phi) is 5.55. The molecule has 0 unspecified atom stereocenters. The third kappa shape index (κ3) is 4.70. The van der Waals surface area contributed by atoms with Crippen LogP contribution in [0.15, 0.2) is 6.20 Å². The Labute approximate surface area is 121 Å². The molecule has 1 saturated carbocycles. The van der Waals surface area contributed by atoms with Crippen molar-refractivity contribution in [3.05, 3.63) is 23.3 Å². The van der Waals surface area contributed by atoms with E-state index in [1.807, 2.05) is 0 Å². The van der Waals surface area contributed by atoms with E-state index in [1.165, 1.54) is 6.20 Å². The number of aromatic nitrogens is 2. The fraction of sp³-hybridized carbons (Fsp3) is 0.643. The first-order valence-corrected chi connectivity index (χ1v) is 7.00. The van der Waals surface area contributed by atoms with Gasteiger partial charge in [0.15, 0.2) is 0 Å². The number of carbonyl (C=O) groups excluding carboxylic acids is 1. The molecule has 1 aliphatic rings. The number of alkyl halides is 2. The predicted molar refractivity (Wildman–Crippen MR) is 70.5 cm³/mol. The lowest BCUT2D eigenvalue weighted by atomic mass is 10.1. The molecule has 1 aromatic heterocycles. The molecule has 1 aromatic rings. The van der Waals surface area contributed by atoms with Crippen molar-refractivity contribution in [3.63, 3.8) is 0 Å². The molecule has 0 atom stereocenters. The number of halogens is 2. The zero-order valence-corrected chi connectivity index (χ0v) is 11.8. The summed E-state index contributed by atoms with van der Waals surface area (Å²) >= 11 is 0. The Morgan fingerprint density at radius 3 is 2.86 bits per heavy atom. The molecular weight excluding hydrogens is 282 g/mol. The van der Waals surface area contributed by atoms with Crippen LogP contribution in [0.1, 0.15) is 47.6 Å². The molecule has 1 heterocycles. The molecular formula is C14H18F2N2O3. The Morgan fingerprint density at radius 2 is 2.24 bits per heavy atom. The lowest BCUT2D eigenvalue weighted by Gasteiger charge is -2.09.